The molecule has 1 heterocycles. The number of methoxy groups -OCH3 is 1. The summed E-state index contributed by atoms with van der Waals surface area (Å²) in [5, 5.41) is 9.06. The van der Waals surface area contributed by atoms with Gasteiger partial charge in [0.05, 0.1) is 34.7 Å². The second kappa shape index (κ2) is 9.33. The SMILES string of the molecule is COCC1CN(S(=O)(=O)c2c(C)cc(C)cc2C)CCN1c1ccc(C#N)c(C(F)(F)F)c1. The van der Waals surface area contributed by atoms with Crippen molar-refractivity contribution in [2.24, 2.45) is 0 Å². The highest BCUT2D eigenvalue weighted by atomic mass is 32.2. The van der Waals surface area contributed by atoms with E-state index in [1.54, 1.807) is 24.8 Å². The zero-order chi connectivity index (χ0) is 24.6. The molecule has 33 heavy (non-hydrogen) atoms. The Hall–Kier alpha value is -2.61. The van der Waals surface area contributed by atoms with Crippen molar-refractivity contribution in [3.63, 3.8) is 0 Å². The second-order valence-corrected chi connectivity index (χ2v) is 10.1. The molecule has 0 radical (unpaired) electrons. The molecule has 1 fully saturated rings. The van der Waals surface area contributed by atoms with Gasteiger partial charge in [-0.1, -0.05) is 17.7 Å². The first-order valence-electron chi connectivity index (χ1n) is 10.3. The summed E-state index contributed by atoms with van der Waals surface area (Å²) in [5.74, 6) is 0. The van der Waals surface area contributed by atoms with Crippen LogP contribution in [-0.4, -0.2) is 52.1 Å². The molecule has 0 aromatic heterocycles. The fraction of sp³-hybridized carbons (Fsp3) is 0.435. The first-order chi connectivity index (χ1) is 15.4. The summed E-state index contributed by atoms with van der Waals surface area (Å²) in [6, 6.07) is 8.25. The van der Waals surface area contributed by atoms with Crippen LogP contribution in [0.4, 0.5) is 18.9 Å². The van der Waals surface area contributed by atoms with Gasteiger partial charge in [0.15, 0.2) is 0 Å². The van der Waals surface area contributed by atoms with Crippen molar-refractivity contribution in [1.82, 2.24) is 4.31 Å². The van der Waals surface area contributed by atoms with Crippen molar-refractivity contribution < 1.29 is 26.3 Å². The van der Waals surface area contributed by atoms with Crippen LogP contribution in [0.2, 0.25) is 0 Å². The summed E-state index contributed by atoms with van der Waals surface area (Å²) in [6.07, 6.45) is -4.68. The molecule has 1 atom stereocenters. The second-order valence-electron chi connectivity index (χ2n) is 8.23. The van der Waals surface area contributed by atoms with Gasteiger partial charge in [0.1, 0.15) is 0 Å². The lowest BCUT2D eigenvalue weighted by Crippen LogP contribution is -2.56. The number of halogens is 3. The lowest BCUT2D eigenvalue weighted by atomic mass is 10.0. The molecule has 1 unspecified atom stereocenters. The molecule has 0 bridgehead atoms. The maximum atomic E-state index is 13.5. The van der Waals surface area contributed by atoms with Gasteiger partial charge in [-0.2, -0.15) is 22.7 Å². The minimum Gasteiger partial charge on any atom is -0.383 e. The van der Waals surface area contributed by atoms with Crippen molar-refractivity contribution in [1.29, 1.82) is 5.26 Å². The van der Waals surface area contributed by atoms with Crippen LogP contribution in [-0.2, 0) is 20.9 Å². The molecule has 1 aliphatic heterocycles. The summed E-state index contributed by atoms with van der Waals surface area (Å²) >= 11 is 0. The molecule has 178 valence electrons. The van der Waals surface area contributed by atoms with Crippen LogP contribution in [0.3, 0.4) is 0 Å². The molecule has 0 saturated carbocycles. The van der Waals surface area contributed by atoms with Crippen LogP contribution in [0.1, 0.15) is 27.8 Å². The third-order valence-electron chi connectivity index (χ3n) is 5.77. The van der Waals surface area contributed by atoms with E-state index in [1.807, 2.05) is 19.1 Å². The van der Waals surface area contributed by atoms with E-state index in [2.05, 4.69) is 0 Å². The highest BCUT2D eigenvalue weighted by Gasteiger charge is 2.38. The van der Waals surface area contributed by atoms with Gasteiger partial charge in [-0.3, -0.25) is 0 Å². The van der Waals surface area contributed by atoms with E-state index in [-0.39, 0.29) is 36.8 Å². The van der Waals surface area contributed by atoms with Gasteiger partial charge < -0.3 is 9.64 Å². The van der Waals surface area contributed by atoms with Crippen molar-refractivity contribution >= 4 is 15.7 Å². The van der Waals surface area contributed by atoms with Crippen LogP contribution in [0.15, 0.2) is 35.2 Å². The molecule has 6 nitrogen and oxygen atoms in total. The number of nitriles is 1. The number of hydrogen-bond donors (Lipinski definition) is 0. The van der Waals surface area contributed by atoms with E-state index in [4.69, 9.17) is 10.00 Å². The fourth-order valence-electron chi connectivity index (χ4n) is 4.47. The number of anilines is 1. The van der Waals surface area contributed by atoms with Crippen molar-refractivity contribution in [2.75, 3.05) is 38.3 Å². The molecule has 0 aliphatic carbocycles. The Kier molecular flexibility index (Phi) is 7.07. The Bertz CT molecular complexity index is 1170. The Morgan fingerprint density at radius 3 is 2.30 bits per heavy atom. The highest BCUT2D eigenvalue weighted by molar-refractivity contribution is 7.89. The summed E-state index contributed by atoms with van der Waals surface area (Å²) in [6.45, 7) is 5.88. The van der Waals surface area contributed by atoms with E-state index >= 15 is 0 Å². The summed E-state index contributed by atoms with van der Waals surface area (Å²) in [7, 11) is -2.35. The molecule has 1 saturated heterocycles. The maximum Gasteiger partial charge on any atom is 0.417 e. The van der Waals surface area contributed by atoms with E-state index in [9.17, 15) is 21.6 Å². The molecule has 3 rings (SSSR count). The molecule has 0 amide bonds. The van der Waals surface area contributed by atoms with Gasteiger partial charge in [0.2, 0.25) is 10.0 Å². The molecular weight excluding hydrogens is 455 g/mol. The lowest BCUT2D eigenvalue weighted by Gasteiger charge is -2.42. The number of piperazine rings is 1. The zero-order valence-corrected chi connectivity index (χ0v) is 19.7. The van der Waals surface area contributed by atoms with Crippen molar-refractivity contribution in [2.45, 2.75) is 37.9 Å². The Labute approximate surface area is 192 Å². The average molecular weight is 482 g/mol. The topological polar surface area (TPSA) is 73.6 Å². The average Bonchev–Trinajstić information content (AvgIpc) is 2.72. The molecule has 2 aromatic rings. The van der Waals surface area contributed by atoms with Gasteiger partial charge in [-0.25, -0.2) is 8.42 Å². The molecule has 1 aliphatic rings. The molecule has 0 spiro atoms. The number of nitrogens with zero attached hydrogens (tertiary/aromatic N) is 3. The van der Waals surface area contributed by atoms with Crippen molar-refractivity contribution in [3.05, 3.63) is 58.1 Å². The van der Waals surface area contributed by atoms with Gasteiger partial charge in [0.25, 0.3) is 0 Å². The minimum absolute atomic E-state index is 0.0598. The fourth-order valence-corrected chi connectivity index (χ4v) is 6.35. The minimum atomic E-state index is -4.68. The van der Waals surface area contributed by atoms with E-state index in [1.165, 1.54) is 17.5 Å². The number of benzene rings is 2. The molecule has 2 aromatic carbocycles. The van der Waals surface area contributed by atoms with Gasteiger partial charge in [0, 0.05) is 32.4 Å². The number of aryl methyl sites for hydroxylation is 3. The summed E-state index contributed by atoms with van der Waals surface area (Å²) in [4.78, 5) is 1.97. The standard InChI is InChI=1S/C23H26F3N3O3S/c1-15-9-16(2)22(17(3)10-15)33(30,31)28-7-8-29(20(13-28)14-32-4)19-6-5-18(12-27)21(11-19)23(24,25)26/h5-6,9-11,20H,7-8,13-14H2,1-4H3. The first-order valence-corrected chi connectivity index (χ1v) is 11.8. The monoisotopic (exact) mass is 481 g/mol. The lowest BCUT2D eigenvalue weighted by molar-refractivity contribution is -0.137. The Balaban J connectivity index is 1.96. The third kappa shape index (κ3) is 5.00. The Morgan fingerprint density at radius 2 is 1.76 bits per heavy atom. The van der Waals surface area contributed by atoms with E-state index in [0.717, 1.165) is 17.7 Å². The van der Waals surface area contributed by atoms with Crippen LogP contribution < -0.4 is 4.90 Å². The van der Waals surface area contributed by atoms with Crippen LogP contribution in [0, 0.1) is 32.1 Å². The van der Waals surface area contributed by atoms with Crippen molar-refractivity contribution in [3.8, 4) is 6.07 Å². The molecule has 0 N–H and O–H groups in total. The summed E-state index contributed by atoms with van der Waals surface area (Å²) < 4.78 is 74.0. The van der Waals surface area contributed by atoms with Crippen LogP contribution in [0.25, 0.3) is 0 Å². The third-order valence-corrected chi connectivity index (χ3v) is 7.94. The maximum absolute atomic E-state index is 13.5. The number of ether oxygens (including phenoxy) is 1. The first kappa shape index (κ1) is 25.0. The van der Waals surface area contributed by atoms with Crippen LogP contribution in [0.5, 0.6) is 0 Å². The quantitative estimate of drug-likeness (QED) is 0.645. The predicted molar refractivity (Wildman–Crippen MR) is 119 cm³/mol. The Morgan fingerprint density at radius 1 is 1.12 bits per heavy atom. The smallest absolute Gasteiger partial charge is 0.383 e. The zero-order valence-electron chi connectivity index (χ0n) is 18.9. The van der Waals surface area contributed by atoms with Gasteiger partial charge >= 0.3 is 6.18 Å². The van der Waals surface area contributed by atoms with E-state index < -0.39 is 33.4 Å². The highest BCUT2D eigenvalue weighted by Crippen LogP contribution is 2.36. The normalized spacial score (nSPS) is 17.8. The van der Waals surface area contributed by atoms with Crippen LogP contribution >= 0.6 is 0 Å². The molecule has 10 heteroatoms. The number of alkyl halides is 3. The van der Waals surface area contributed by atoms with Gasteiger partial charge in [-0.15, -0.1) is 0 Å². The predicted octanol–water partition coefficient (Wildman–Crippen LogP) is 4.03. The molecular formula is C23H26F3N3O3S. The van der Waals surface area contributed by atoms with E-state index in [0.29, 0.717) is 11.1 Å². The number of rotatable bonds is 5. The number of sulfonamides is 1. The summed E-state index contributed by atoms with van der Waals surface area (Å²) in [5.41, 5.74) is 1.07. The largest absolute Gasteiger partial charge is 0.417 e. The number of hydrogen-bond acceptors (Lipinski definition) is 5. The van der Waals surface area contributed by atoms with Gasteiger partial charge in [-0.05, 0) is 50.1 Å².